The first-order chi connectivity index (χ1) is 9.70. The fourth-order valence-corrected chi connectivity index (χ4v) is 2.42. The molecular weight excluding hydrogens is 314 g/mol. The van der Waals surface area contributed by atoms with E-state index in [1.807, 2.05) is 54.6 Å². The van der Waals surface area contributed by atoms with Crippen molar-refractivity contribution in [3.05, 3.63) is 71.3 Å². The molecule has 0 bridgehead atoms. The molecule has 2 aromatic rings. The number of hydrogen-bond donors (Lipinski definition) is 1. The Morgan fingerprint density at radius 2 is 1.75 bits per heavy atom. The van der Waals surface area contributed by atoms with Crippen LogP contribution in [-0.2, 0) is 6.42 Å². The SMILES string of the molecule is CCc1ccc(C(=O)NCC(Br)c2ccccc2)cc1. The predicted molar refractivity (Wildman–Crippen MR) is 86.3 cm³/mol. The van der Waals surface area contributed by atoms with Gasteiger partial charge in [0.25, 0.3) is 5.91 Å². The highest BCUT2D eigenvalue weighted by molar-refractivity contribution is 9.09. The first kappa shape index (κ1) is 14.8. The third-order valence-corrected chi connectivity index (χ3v) is 4.08. The van der Waals surface area contributed by atoms with Crippen molar-refractivity contribution < 1.29 is 4.79 Å². The van der Waals surface area contributed by atoms with Crippen molar-refractivity contribution in [3.8, 4) is 0 Å². The molecule has 0 aliphatic heterocycles. The van der Waals surface area contributed by atoms with E-state index in [0.717, 1.165) is 12.0 Å². The van der Waals surface area contributed by atoms with Crippen molar-refractivity contribution in [2.45, 2.75) is 18.2 Å². The van der Waals surface area contributed by atoms with Gasteiger partial charge in [0.2, 0.25) is 0 Å². The number of amides is 1. The number of hydrogen-bond acceptors (Lipinski definition) is 1. The summed E-state index contributed by atoms with van der Waals surface area (Å²) in [6.07, 6.45) is 0.985. The molecular formula is C17H18BrNO. The van der Waals surface area contributed by atoms with Crippen molar-refractivity contribution >= 4 is 21.8 Å². The van der Waals surface area contributed by atoms with Crippen LogP contribution >= 0.6 is 15.9 Å². The van der Waals surface area contributed by atoms with Crippen LogP contribution in [0, 0.1) is 0 Å². The second-order valence-corrected chi connectivity index (χ2v) is 5.74. The van der Waals surface area contributed by atoms with Gasteiger partial charge in [-0.05, 0) is 29.7 Å². The highest BCUT2D eigenvalue weighted by atomic mass is 79.9. The Labute approximate surface area is 128 Å². The largest absolute Gasteiger partial charge is 0.351 e. The Bertz CT molecular complexity index is 551. The van der Waals surface area contributed by atoms with E-state index in [1.54, 1.807) is 0 Å². The summed E-state index contributed by atoms with van der Waals surface area (Å²) < 4.78 is 0. The Balaban J connectivity index is 1.91. The minimum Gasteiger partial charge on any atom is -0.351 e. The normalized spacial score (nSPS) is 11.9. The number of carbonyl (C=O) groups excluding carboxylic acids is 1. The molecule has 2 aromatic carbocycles. The summed E-state index contributed by atoms with van der Waals surface area (Å²) in [7, 11) is 0. The van der Waals surface area contributed by atoms with Gasteiger partial charge in [0, 0.05) is 12.1 Å². The average molecular weight is 332 g/mol. The molecule has 0 aliphatic carbocycles. The van der Waals surface area contributed by atoms with Crippen molar-refractivity contribution in [2.24, 2.45) is 0 Å². The van der Waals surface area contributed by atoms with Crippen molar-refractivity contribution in [1.29, 1.82) is 0 Å². The Morgan fingerprint density at radius 3 is 2.35 bits per heavy atom. The highest BCUT2D eigenvalue weighted by Gasteiger charge is 2.10. The monoisotopic (exact) mass is 331 g/mol. The molecule has 1 N–H and O–H groups in total. The van der Waals surface area contributed by atoms with Crippen LogP contribution in [0.15, 0.2) is 54.6 Å². The Morgan fingerprint density at radius 1 is 1.10 bits per heavy atom. The fourth-order valence-electron chi connectivity index (χ4n) is 1.96. The van der Waals surface area contributed by atoms with Gasteiger partial charge >= 0.3 is 0 Å². The standard InChI is InChI=1S/C17H18BrNO/c1-2-13-8-10-15(11-9-13)17(20)19-12-16(18)14-6-4-3-5-7-14/h3-11,16H,2,12H2,1H3,(H,19,20). The van der Waals surface area contributed by atoms with Gasteiger partial charge < -0.3 is 5.32 Å². The number of benzene rings is 2. The number of carbonyl (C=O) groups is 1. The molecule has 0 spiro atoms. The zero-order chi connectivity index (χ0) is 14.4. The molecule has 0 saturated carbocycles. The van der Waals surface area contributed by atoms with E-state index in [9.17, 15) is 4.79 Å². The molecule has 1 amide bonds. The van der Waals surface area contributed by atoms with Crippen LogP contribution in [0.5, 0.6) is 0 Å². The molecule has 20 heavy (non-hydrogen) atoms. The van der Waals surface area contributed by atoms with Gasteiger partial charge in [-0.25, -0.2) is 0 Å². The van der Waals surface area contributed by atoms with Crippen LogP contribution in [-0.4, -0.2) is 12.5 Å². The average Bonchev–Trinajstić information content (AvgIpc) is 2.53. The lowest BCUT2D eigenvalue weighted by atomic mass is 10.1. The number of alkyl halides is 1. The summed E-state index contributed by atoms with van der Waals surface area (Å²) in [4.78, 5) is 12.2. The molecule has 1 unspecified atom stereocenters. The molecule has 2 nitrogen and oxygen atoms in total. The fraction of sp³-hybridized carbons (Fsp3) is 0.235. The third-order valence-electron chi connectivity index (χ3n) is 3.23. The maximum Gasteiger partial charge on any atom is 0.251 e. The van der Waals surface area contributed by atoms with E-state index < -0.39 is 0 Å². The predicted octanol–water partition coefficient (Wildman–Crippen LogP) is 4.12. The summed E-state index contributed by atoms with van der Waals surface area (Å²) in [5.41, 5.74) is 3.10. The molecule has 0 saturated heterocycles. The zero-order valence-electron chi connectivity index (χ0n) is 11.5. The van der Waals surface area contributed by atoms with Gasteiger partial charge in [0.1, 0.15) is 0 Å². The number of halogens is 1. The molecule has 2 rings (SSSR count). The molecule has 0 heterocycles. The summed E-state index contributed by atoms with van der Waals surface area (Å²) in [5.74, 6) is -0.0342. The highest BCUT2D eigenvalue weighted by Crippen LogP contribution is 2.21. The van der Waals surface area contributed by atoms with Crippen molar-refractivity contribution in [3.63, 3.8) is 0 Å². The Hall–Kier alpha value is -1.61. The molecule has 0 aliphatic rings. The lowest BCUT2D eigenvalue weighted by Crippen LogP contribution is -2.26. The molecule has 0 aromatic heterocycles. The summed E-state index contributed by atoms with van der Waals surface area (Å²) in [6, 6.07) is 17.8. The van der Waals surface area contributed by atoms with E-state index in [2.05, 4.69) is 28.2 Å². The summed E-state index contributed by atoms with van der Waals surface area (Å²) >= 11 is 3.60. The Kier molecular flexibility index (Phi) is 5.36. The van der Waals surface area contributed by atoms with Crippen LogP contribution in [0.1, 0.15) is 33.2 Å². The van der Waals surface area contributed by atoms with E-state index >= 15 is 0 Å². The maximum atomic E-state index is 12.0. The van der Waals surface area contributed by atoms with E-state index in [1.165, 1.54) is 5.56 Å². The van der Waals surface area contributed by atoms with Crippen LogP contribution in [0.25, 0.3) is 0 Å². The first-order valence-corrected chi connectivity index (χ1v) is 7.68. The van der Waals surface area contributed by atoms with Crippen molar-refractivity contribution in [2.75, 3.05) is 6.54 Å². The topological polar surface area (TPSA) is 29.1 Å². The lowest BCUT2D eigenvalue weighted by Gasteiger charge is -2.11. The number of aryl methyl sites for hydroxylation is 1. The maximum absolute atomic E-state index is 12.0. The van der Waals surface area contributed by atoms with Crippen LogP contribution < -0.4 is 5.32 Å². The molecule has 1 atom stereocenters. The number of rotatable bonds is 5. The van der Waals surface area contributed by atoms with Crippen LogP contribution in [0.3, 0.4) is 0 Å². The van der Waals surface area contributed by atoms with E-state index in [4.69, 9.17) is 0 Å². The molecule has 0 fully saturated rings. The van der Waals surface area contributed by atoms with Gasteiger partial charge in [0.15, 0.2) is 0 Å². The van der Waals surface area contributed by atoms with E-state index in [0.29, 0.717) is 12.1 Å². The lowest BCUT2D eigenvalue weighted by molar-refractivity contribution is 0.0954. The minimum absolute atomic E-state index is 0.0342. The number of nitrogens with one attached hydrogen (secondary N) is 1. The molecule has 0 radical (unpaired) electrons. The van der Waals surface area contributed by atoms with Gasteiger partial charge in [-0.1, -0.05) is 65.3 Å². The molecule has 3 heteroatoms. The summed E-state index contributed by atoms with van der Waals surface area (Å²) in [5, 5.41) is 2.95. The molecule has 104 valence electrons. The second-order valence-electron chi connectivity index (χ2n) is 4.64. The summed E-state index contributed by atoms with van der Waals surface area (Å²) in [6.45, 7) is 2.67. The first-order valence-electron chi connectivity index (χ1n) is 6.77. The van der Waals surface area contributed by atoms with Crippen molar-refractivity contribution in [1.82, 2.24) is 5.32 Å². The third kappa shape index (κ3) is 3.94. The minimum atomic E-state index is -0.0342. The van der Waals surface area contributed by atoms with Crippen LogP contribution in [0.4, 0.5) is 0 Å². The van der Waals surface area contributed by atoms with Crippen LogP contribution in [0.2, 0.25) is 0 Å². The zero-order valence-corrected chi connectivity index (χ0v) is 13.1. The van der Waals surface area contributed by atoms with Gasteiger partial charge in [-0.15, -0.1) is 0 Å². The smallest absolute Gasteiger partial charge is 0.251 e. The van der Waals surface area contributed by atoms with Gasteiger partial charge in [-0.2, -0.15) is 0 Å². The van der Waals surface area contributed by atoms with Gasteiger partial charge in [-0.3, -0.25) is 4.79 Å². The second kappa shape index (κ2) is 7.25. The van der Waals surface area contributed by atoms with Gasteiger partial charge in [0.05, 0.1) is 4.83 Å². The quantitative estimate of drug-likeness (QED) is 0.820. The van der Waals surface area contributed by atoms with E-state index in [-0.39, 0.29) is 10.7 Å².